The predicted octanol–water partition coefficient (Wildman–Crippen LogP) is 3.32. The van der Waals surface area contributed by atoms with E-state index >= 15 is 0 Å². The molecule has 0 amide bonds. The van der Waals surface area contributed by atoms with Gasteiger partial charge in [-0.05, 0) is 29.3 Å². The molecule has 19 heavy (non-hydrogen) atoms. The molecule has 98 valence electrons. The van der Waals surface area contributed by atoms with Gasteiger partial charge >= 0.3 is 5.97 Å². The Balaban J connectivity index is 1.90. The van der Waals surface area contributed by atoms with Crippen LogP contribution in [0.3, 0.4) is 0 Å². The Morgan fingerprint density at radius 3 is 2.68 bits per heavy atom. The van der Waals surface area contributed by atoms with Crippen molar-refractivity contribution in [2.45, 2.75) is 13.0 Å². The highest BCUT2D eigenvalue weighted by Crippen LogP contribution is 2.14. The third-order valence-electron chi connectivity index (χ3n) is 2.68. The van der Waals surface area contributed by atoms with Crippen LogP contribution in [0.1, 0.15) is 11.1 Å². The van der Waals surface area contributed by atoms with Crippen LogP contribution in [0, 0.1) is 0 Å². The lowest BCUT2D eigenvalue weighted by Crippen LogP contribution is -2.09. The Morgan fingerprint density at radius 2 is 1.95 bits per heavy atom. The fourth-order valence-corrected chi connectivity index (χ4v) is 2.14. The quantitative estimate of drug-likeness (QED) is 0.694. The number of para-hydroxylation sites is 1. The van der Waals surface area contributed by atoms with Crippen molar-refractivity contribution in [2.24, 2.45) is 0 Å². The number of halogens is 1. The van der Waals surface area contributed by atoms with Crippen LogP contribution in [0.15, 0.2) is 53.0 Å². The number of nitrogens with two attached hydrogens (primary N) is 1. The highest BCUT2D eigenvalue weighted by molar-refractivity contribution is 9.10. The highest BCUT2D eigenvalue weighted by Gasteiger charge is 2.07. The fourth-order valence-electron chi connectivity index (χ4n) is 1.69. The maximum Gasteiger partial charge on any atom is 0.310 e. The minimum absolute atomic E-state index is 0.195. The molecule has 4 heteroatoms. The third-order valence-corrected chi connectivity index (χ3v) is 3.17. The van der Waals surface area contributed by atoms with Crippen LogP contribution in [-0.4, -0.2) is 5.97 Å². The SMILES string of the molecule is Nc1ccccc1CC(=O)OCc1cccc(Br)c1. The molecule has 0 atom stereocenters. The van der Waals surface area contributed by atoms with Crippen molar-refractivity contribution in [3.05, 3.63) is 64.1 Å². The molecular formula is C15H14BrNO2. The number of nitrogen functional groups attached to an aromatic ring is 1. The Kier molecular flexibility index (Phi) is 4.58. The summed E-state index contributed by atoms with van der Waals surface area (Å²) in [6.07, 6.45) is 0.195. The highest BCUT2D eigenvalue weighted by atomic mass is 79.9. The van der Waals surface area contributed by atoms with Crippen LogP contribution in [0.4, 0.5) is 5.69 Å². The Bertz CT molecular complexity index is 584. The molecule has 0 saturated heterocycles. The number of benzene rings is 2. The molecular weight excluding hydrogens is 306 g/mol. The van der Waals surface area contributed by atoms with Crippen molar-refractivity contribution in [2.75, 3.05) is 5.73 Å². The van der Waals surface area contributed by atoms with E-state index in [0.717, 1.165) is 15.6 Å². The minimum atomic E-state index is -0.280. The minimum Gasteiger partial charge on any atom is -0.461 e. The largest absolute Gasteiger partial charge is 0.461 e. The summed E-state index contributed by atoms with van der Waals surface area (Å²) in [5, 5.41) is 0. The van der Waals surface area contributed by atoms with E-state index in [0.29, 0.717) is 5.69 Å². The zero-order chi connectivity index (χ0) is 13.7. The van der Waals surface area contributed by atoms with E-state index < -0.39 is 0 Å². The Hall–Kier alpha value is -1.81. The average molecular weight is 320 g/mol. The lowest BCUT2D eigenvalue weighted by molar-refractivity contribution is -0.144. The standard InChI is InChI=1S/C15H14BrNO2/c16-13-6-3-4-11(8-13)10-19-15(18)9-12-5-1-2-7-14(12)17/h1-8H,9-10,17H2. The van der Waals surface area contributed by atoms with E-state index in [2.05, 4.69) is 15.9 Å². The molecule has 0 fully saturated rings. The monoisotopic (exact) mass is 319 g/mol. The van der Waals surface area contributed by atoms with E-state index in [-0.39, 0.29) is 19.0 Å². The number of carbonyl (C=O) groups excluding carboxylic acids is 1. The summed E-state index contributed by atoms with van der Waals surface area (Å²) >= 11 is 3.38. The molecule has 0 saturated carbocycles. The predicted molar refractivity (Wildman–Crippen MR) is 78.5 cm³/mol. The second-order valence-corrected chi connectivity index (χ2v) is 5.08. The Morgan fingerprint density at radius 1 is 1.16 bits per heavy atom. The zero-order valence-electron chi connectivity index (χ0n) is 10.3. The van der Waals surface area contributed by atoms with Crippen molar-refractivity contribution in [1.29, 1.82) is 0 Å². The van der Waals surface area contributed by atoms with Gasteiger partial charge in [-0.15, -0.1) is 0 Å². The van der Waals surface area contributed by atoms with Gasteiger partial charge in [0.15, 0.2) is 0 Å². The fraction of sp³-hybridized carbons (Fsp3) is 0.133. The summed E-state index contributed by atoms with van der Waals surface area (Å²) in [6.45, 7) is 0.269. The second kappa shape index (κ2) is 6.38. The number of anilines is 1. The van der Waals surface area contributed by atoms with Gasteiger partial charge in [-0.1, -0.05) is 46.3 Å². The summed E-state index contributed by atoms with van der Waals surface area (Å²) in [7, 11) is 0. The van der Waals surface area contributed by atoms with Gasteiger partial charge in [0, 0.05) is 10.2 Å². The van der Waals surface area contributed by atoms with E-state index in [9.17, 15) is 4.79 Å². The summed E-state index contributed by atoms with van der Waals surface area (Å²) in [6, 6.07) is 15.0. The van der Waals surface area contributed by atoms with E-state index in [4.69, 9.17) is 10.5 Å². The summed E-state index contributed by atoms with van der Waals surface area (Å²) in [4.78, 5) is 11.7. The van der Waals surface area contributed by atoms with E-state index in [1.165, 1.54) is 0 Å². The summed E-state index contributed by atoms with van der Waals surface area (Å²) < 4.78 is 6.19. The molecule has 3 nitrogen and oxygen atoms in total. The molecule has 0 bridgehead atoms. The van der Waals surface area contributed by atoms with Gasteiger partial charge < -0.3 is 10.5 Å². The normalized spacial score (nSPS) is 10.2. The maximum atomic E-state index is 11.7. The Labute approximate surface area is 120 Å². The number of hydrogen-bond acceptors (Lipinski definition) is 3. The lowest BCUT2D eigenvalue weighted by atomic mass is 10.1. The van der Waals surface area contributed by atoms with Crippen LogP contribution in [0.2, 0.25) is 0 Å². The number of esters is 1. The van der Waals surface area contributed by atoms with Gasteiger partial charge in [0.2, 0.25) is 0 Å². The molecule has 2 N–H and O–H groups in total. The first-order valence-corrected chi connectivity index (χ1v) is 6.68. The molecule has 0 unspecified atom stereocenters. The van der Waals surface area contributed by atoms with Crippen LogP contribution in [0.5, 0.6) is 0 Å². The number of ether oxygens (including phenoxy) is 1. The molecule has 0 heterocycles. The molecule has 2 aromatic rings. The maximum absolute atomic E-state index is 11.7. The lowest BCUT2D eigenvalue weighted by Gasteiger charge is -2.07. The third kappa shape index (κ3) is 4.10. The number of carbonyl (C=O) groups is 1. The van der Waals surface area contributed by atoms with Crippen LogP contribution >= 0.6 is 15.9 Å². The van der Waals surface area contributed by atoms with Crippen LogP contribution in [-0.2, 0) is 22.6 Å². The summed E-state index contributed by atoms with van der Waals surface area (Å²) in [5.74, 6) is -0.280. The van der Waals surface area contributed by atoms with Gasteiger partial charge in [0.05, 0.1) is 6.42 Å². The first-order chi connectivity index (χ1) is 9.15. The number of hydrogen-bond donors (Lipinski definition) is 1. The van der Waals surface area contributed by atoms with E-state index in [1.54, 1.807) is 6.07 Å². The molecule has 0 aliphatic carbocycles. The molecule has 2 aromatic carbocycles. The topological polar surface area (TPSA) is 52.3 Å². The molecule has 0 aliphatic rings. The molecule has 2 rings (SSSR count). The molecule has 0 aromatic heterocycles. The van der Waals surface area contributed by atoms with Gasteiger partial charge in [-0.25, -0.2) is 0 Å². The number of rotatable bonds is 4. The smallest absolute Gasteiger partial charge is 0.310 e. The van der Waals surface area contributed by atoms with Gasteiger partial charge in [0.25, 0.3) is 0 Å². The van der Waals surface area contributed by atoms with Crippen molar-refractivity contribution in [3.63, 3.8) is 0 Å². The van der Waals surface area contributed by atoms with Crippen molar-refractivity contribution < 1.29 is 9.53 Å². The van der Waals surface area contributed by atoms with Gasteiger partial charge in [0.1, 0.15) is 6.61 Å². The van der Waals surface area contributed by atoms with Gasteiger partial charge in [-0.2, -0.15) is 0 Å². The van der Waals surface area contributed by atoms with Gasteiger partial charge in [-0.3, -0.25) is 4.79 Å². The molecule has 0 radical (unpaired) electrons. The van der Waals surface area contributed by atoms with Crippen molar-refractivity contribution in [3.8, 4) is 0 Å². The summed E-state index contributed by atoms with van der Waals surface area (Å²) in [5.41, 5.74) is 8.14. The first-order valence-electron chi connectivity index (χ1n) is 5.88. The second-order valence-electron chi connectivity index (χ2n) is 4.17. The average Bonchev–Trinajstić information content (AvgIpc) is 2.39. The molecule has 0 spiro atoms. The van der Waals surface area contributed by atoms with E-state index in [1.807, 2.05) is 42.5 Å². The van der Waals surface area contributed by atoms with Crippen molar-refractivity contribution >= 4 is 27.6 Å². The van der Waals surface area contributed by atoms with Crippen LogP contribution < -0.4 is 5.73 Å². The first kappa shape index (κ1) is 13.6. The van der Waals surface area contributed by atoms with Crippen LogP contribution in [0.25, 0.3) is 0 Å². The molecule has 0 aliphatic heterocycles. The van der Waals surface area contributed by atoms with Crippen molar-refractivity contribution in [1.82, 2.24) is 0 Å². The zero-order valence-corrected chi connectivity index (χ0v) is 11.9.